The average Bonchev–Trinajstić information content (AvgIpc) is 3.05. The second kappa shape index (κ2) is 4.26. The number of hydrogen-bond acceptors (Lipinski definition) is 4. The van der Waals surface area contributed by atoms with Gasteiger partial charge in [0.05, 0.1) is 7.11 Å². The fourth-order valence-electron chi connectivity index (χ4n) is 2.26. The van der Waals surface area contributed by atoms with Gasteiger partial charge in [-0.2, -0.15) is 4.39 Å². The van der Waals surface area contributed by atoms with Gasteiger partial charge in [-0.1, -0.05) is 6.07 Å². The molecule has 0 spiro atoms. The van der Waals surface area contributed by atoms with Gasteiger partial charge in [0.25, 0.3) is 0 Å². The summed E-state index contributed by atoms with van der Waals surface area (Å²) in [6.07, 6.45) is 2.95. The van der Waals surface area contributed by atoms with Gasteiger partial charge >= 0.3 is 5.97 Å². The van der Waals surface area contributed by atoms with E-state index in [1.807, 2.05) is 18.2 Å². The van der Waals surface area contributed by atoms with E-state index in [1.165, 1.54) is 6.08 Å². The van der Waals surface area contributed by atoms with Crippen LogP contribution >= 0.6 is 0 Å². The molecule has 5 heteroatoms. The topological polar surface area (TPSA) is 44.8 Å². The minimum absolute atomic E-state index is 0.206. The number of ether oxygens (including phenoxy) is 3. The number of esters is 1. The lowest BCUT2D eigenvalue weighted by molar-refractivity contribution is -0.137. The predicted molar refractivity (Wildman–Crippen MR) is 64.7 cm³/mol. The number of methoxy groups -OCH3 is 1. The fraction of sp³-hybridized carbons (Fsp3) is 0.357. The van der Waals surface area contributed by atoms with Crippen molar-refractivity contribution in [2.24, 2.45) is 0 Å². The normalized spacial score (nSPS) is 19.2. The van der Waals surface area contributed by atoms with Gasteiger partial charge in [-0.15, -0.1) is 0 Å². The standard InChI is InChI=1S/C14H13FO4/c1-17-13(16)10(15)7-14(4-5-14)9-2-3-11-12(6-9)19-8-18-11/h2-3,6-7H,4-5,8H2,1H3/b10-7-. The summed E-state index contributed by atoms with van der Waals surface area (Å²) >= 11 is 0. The second-order valence-corrected chi connectivity index (χ2v) is 4.71. The molecular formula is C14H13FO4. The van der Waals surface area contributed by atoms with Crippen LogP contribution in [0.3, 0.4) is 0 Å². The first-order valence-corrected chi connectivity index (χ1v) is 6.01. The third kappa shape index (κ3) is 2.05. The Balaban J connectivity index is 1.91. The molecule has 0 radical (unpaired) electrons. The van der Waals surface area contributed by atoms with Crippen LogP contribution in [0.15, 0.2) is 30.1 Å². The van der Waals surface area contributed by atoms with Crippen LogP contribution in [0.4, 0.5) is 4.39 Å². The zero-order valence-corrected chi connectivity index (χ0v) is 10.4. The average molecular weight is 264 g/mol. The third-order valence-corrected chi connectivity index (χ3v) is 3.52. The van der Waals surface area contributed by atoms with Gasteiger partial charge in [0.1, 0.15) is 0 Å². The maximum absolute atomic E-state index is 13.6. The zero-order valence-electron chi connectivity index (χ0n) is 10.4. The van der Waals surface area contributed by atoms with Crippen LogP contribution in [0.1, 0.15) is 18.4 Å². The lowest BCUT2D eigenvalue weighted by Gasteiger charge is -2.11. The zero-order chi connectivity index (χ0) is 13.5. The molecule has 100 valence electrons. The Labute approximate surface area is 109 Å². The molecular weight excluding hydrogens is 251 g/mol. The molecule has 0 amide bonds. The first kappa shape index (κ1) is 12.0. The summed E-state index contributed by atoms with van der Waals surface area (Å²) in [4.78, 5) is 11.1. The molecule has 3 rings (SSSR count). The van der Waals surface area contributed by atoms with E-state index in [1.54, 1.807) is 0 Å². The van der Waals surface area contributed by atoms with Crippen molar-refractivity contribution in [2.75, 3.05) is 13.9 Å². The van der Waals surface area contributed by atoms with E-state index in [0.29, 0.717) is 11.5 Å². The Hall–Kier alpha value is -2.04. The van der Waals surface area contributed by atoms with Gasteiger partial charge < -0.3 is 14.2 Å². The molecule has 0 bridgehead atoms. The Morgan fingerprint density at radius 1 is 1.37 bits per heavy atom. The Kier molecular flexibility index (Phi) is 2.69. The maximum Gasteiger partial charge on any atom is 0.366 e. The summed E-state index contributed by atoms with van der Waals surface area (Å²) in [7, 11) is 1.16. The first-order valence-electron chi connectivity index (χ1n) is 6.01. The Bertz CT molecular complexity index is 561. The van der Waals surface area contributed by atoms with E-state index in [4.69, 9.17) is 9.47 Å². The summed E-state index contributed by atoms with van der Waals surface area (Å²) < 4.78 is 28.5. The lowest BCUT2D eigenvalue weighted by Crippen LogP contribution is -2.08. The summed E-state index contributed by atoms with van der Waals surface area (Å²) in [5.74, 6) is -0.433. The number of rotatable bonds is 3. The van der Waals surface area contributed by atoms with Gasteiger partial charge in [0.15, 0.2) is 11.5 Å². The van der Waals surface area contributed by atoms with Crippen LogP contribution in [-0.2, 0) is 14.9 Å². The van der Waals surface area contributed by atoms with E-state index in [-0.39, 0.29) is 6.79 Å². The van der Waals surface area contributed by atoms with Gasteiger partial charge in [0.2, 0.25) is 12.6 Å². The molecule has 0 aromatic heterocycles. The summed E-state index contributed by atoms with van der Waals surface area (Å²) in [5.41, 5.74) is 0.509. The van der Waals surface area contributed by atoms with Gasteiger partial charge in [-0.05, 0) is 36.6 Å². The van der Waals surface area contributed by atoms with Gasteiger partial charge in [-0.3, -0.25) is 0 Å². The molecule has 0 atom stereocenters. The molecule has 1 saturated carbocycles. The molecule has 1 fully saturated rings. The van der Waals surface area contributed by atoms with Crippen molar-refractivity contribution in [2.45, 2.75) is 18.3 Å². The monoisotopic (exact) mass is 264 g/mol. The van der Waals surface area contributed by atoms with Crippen molar-refractivity contribution in [3.05, 3.63) is 35.7 Å². The number of carbonyl (C=O) groups excluding carboxylic acids is 1. The number of benzene rings is 1. The fourth-order valence-corrected chi connectivity index (χ4v) is 2.26. The van der Waals surface area contributed by atoms with Crippen LogP contribution in [-0.4, -0.2) is 19.9 Å². The molecule has 1 aliphatic carbocycles. The number of fused-ring (bicyclic) bond motifs is 1. The molecule has 2 aliphatic rings. The molecule has 1 aliphatic heterocycles. The minimum Gasteiger partial charge on any atom is -0.464 e. The quantitative estimate of drug-likeness (QED) is 0.621. The molecule has 0 saturated heterocycles. The highest BCUT2D eigenvalue weighted by atomic mass is 19.1. The Morgan fingerprint density at radius 3 is 2.79 bits per heavy atom. The molecule has 1 aromatic rings. The minimum atomic E-state index is -0.938. The molecule has 1 aromatic carbocycles. The first-order chi connectivity index (χ1) is 9.14. The smallest absolute Gasteiger partial charge is 0.366 e. The second-order valence-electron chi connectivity index (χ2n) is 4.71. The molecule has 0 unspecified atom stereocenters. The van der Waals surface area contributed by atoms with Crippen LogP contribution in [0, 0.1) is 0 Å². The van der Waals surface area contributed by atoms with E-state index in [9.17, 15) is 9.18 Å². The largest absolute Gasteiger partial charge is 0.464 e. The van der Waals surface area contributed by atoms with Gasteiger partial charge in [-0.25, -0.2) is 4.79 Å². The number of halogens is 1. The molecule has 19 heavy (non-hydrogen) atoms. The van der Waals surface area contributed by atoms with Crippen LogP contribution < -0.4 is 9.47 Å². The van der Waals surface area contributed by atoms with E-state index < -0.39 is 17.2 Å². The van der Waals surface area contributed by atoms with Crippen molar-refractivity contribution < 1.29 is 23.4 Å². The molecule has 1 heterocycles. The van der Waals surface area contributed by atoms with Crippen LogP contribution in [0.2, 0.25) is 0 Å². The SMILES string of the molecule is COC(=O)/C(F)=C/C1(c2ccc3c(c2)OCO3)CC1. The number of allylic oxidation sites excluding steroid dienone is 1. The Morgan fingerprint density at radius 2 is 2.11 bits per heavy atom. The summed E-state index contributed by atoms with van der Waals surface area (Å²) in [5, 5.41) is 0. The number of carbonyl (C=O) groups is 1. The highest BCUT2D eigenvalue weighted by Gasteiger charge is 2.44. The predicted octanol–water partition coefficient (Wildman–Crippen LogP) is 2.47. The lowest BCUT2D eigenvalue weighted by atomic mass is 9.95. The van der Waals surface area contributed by atoms with Crippen molar-refractivity contribution in [3.63, 3.8) is 0 Å². The van der Waals surface area contributed by atoms with Crippen molar-refractivity contribution in [3.8, 4) is 11.5 Å². The number of hydrogen-bond donors (Lipinski definition) is 0. The van der Waals surface area contributed by atoms with Crippen LogP contribution in [0.5, 0.6) is 11.5 Å². The maximum atomic E-state index is 13.6. The van der Waals surface area contributed by atoms with Crippen molar-refractivity contribution >= 4 is 5.97 Å². The van der Waals surface area contributed by atoms with E-state index >= 15 is 0 Å². The van der Waals surface area contributed by atoms with Crippen molar-refractivity contribution in [1.29, 1.82) is 0 Å². The summed E-state index contributed by atoms with van der Waals surface area (Å²) in [6.45, 7) is 0.206. The van der Waals surface area contributed by atoms with E-state index in [2.05, 4.69) is 4.74 Å². The molecule has 0 N–H and O–H groups in total. The molecule has 4 nitrogen and oxygen atoms in total. The van der Waals surface area contributed by atoms with Crippen LogP contribution in [0.25, 0.3) is 0 Å². The summed E-state index contributed by atoms with van der Waals surface area (Å²) in [6, 6.07) is 5.53. The third-order valence-electron chi connectivity index (χ3n) is 3.52. The highest BCUT2D eigenvalue weighted by molar-refractivity contribution is 5.86. The van der Waals surface area contributed by atoms with E-state index in [0.717, 1.165) is 25.5 Å². The van der Waals surface area contributed by atoms with Crippen molar-refractivity contribution in [1.82, 2.24) is 0 Å². The highest BCUT2D eigenvalue weighted by Crippen LogP contribution is 2.52. The van der Waals surface area contributed by atoms with Gasteiger partial charge in [0, 0.05) is 5.41 Å².